The van der Waals surface area contributed by atoms with Gasteiger partial charge in [-0.25, -0.2) is 0 Å². The van der Waals surface area contributed by atoms with Crippen LogP contribution in [0.2, 0.25) is 0 Å². The number of hydrogen-bond donors (Lipinski definition) is 0. The molecule has 1 fully saturated rings. The van der Waals surface area contributed by atoms with Crippen LogP contribution in [0.15, 0.2) is 0 Å². The van der Waals surface area contributed by atoms with Gasteiger partial charge >= 0.3 is 5.97 Å². The number of rotatable bonds is 1. The van der Waals surface area contributed by atoms with Crippen molar-refractivity contribution in [3.8, 4) is 0 Å². The Balaban J connectivity index is 2.29. The summed E-state index contributed by atoms with van der Waals surface area (Å²) in [7, 11) is 0. The van der Waals surface area contributed by atoms with E-state index in [1.165, 1.54) is 0 Å². The lowest BCUT2D eigenvalue weighted by molar-refractivity contribution is -0.166. The molecule has 40 valence electrons. The van der Waals surface area contributed by atoms with E-state index in [0.29, 0.717) is 12.5 Å². The molecule has 0 bridgehead atoms. The SMILES string of the molecule is O=C1OC[C@@H]1CCl. The van der Waals surface area contributed by atoms with E-state index in [1.54, 1.807) is 0 Å². The molecular weight excluding hydrogens is 115 g/mol. The van der Waals surface area contributed by atoms with E-state index in [-0.39, 0.29) is 11.9 Å². The normalized spacial score (nSPS) is 28.7. The van der Waals surface area contributed by atoms with Gasteiger partial charge in [-0.1, -0.05) is 0 Å². The van der Waals surface area contributed by atoms with Crippen molar-refractivity contribution in [1.82, 2.24) is 0 Å². The fourth-order valence-corrected chi connectivity index (χ4v) is 0.592. The Morgan fingerprint density at radius 1 is 2.00 bits per heavy atom. The number of carbonyl (C=O) groups is 1. The van der Waals surface area contributed by atoms with Gasteiger partial charge in [0.1, 0.15) is 12.5 Å². The number of cyclic esters (lactones) is 1. The maximum Gasteiger partial charge on any atom is 0.313 e. The molecule has 1 heterocycles. The molecule has 0 unspecified atom stereocenters. The van der Waals surface area contributed by atoms with Gasteiger partial charge in [0.25, 0.3) is 0 Å². The summed E-state index contributed by atoms with van der Waals surface area (Å²) in [5.74, 6) is 0.232. The van der Waals surface area contributed by atoms with Gasteiger partial charge in [0.15, 0.2) is 0 Å². The van der Waals surface area contributed by atoms with Crippen molar-refractivity contribution >= 4 is 17.6 Å². The van der Waals surface area contributed by atoms with Crippen LogP contribution in [0, 0.1) is 5.92 Å². The van der Waals surface area contributed by atoms with Crippen LogP contribution in [0.25, 0.3) is 0 Å². The highest BCUT2D eigenvalue weighted by molar-refractivity contribution is 6.19. The van der Waals surface area contributed by atoms with E-state index in [0.717, 1.165) is 0 Å². The van der Waals surface area contributed by atoms with Crippen LogP contribution in [0.3, 0.4) is 0 Å². The Kier molecular flexibility index (Phi) is 1.19. The monoisotopic (exact) mass is 120 g/mol. The smallest absolute Gasteiger partial charge is 0.313 e. The van der Waals surface area contributed by atoms with Crippen LogP contribution in [-0.2, 0) is 9.53 Å². The number of halogens is 1. The van der Waals surface area contributed by atoms with E-state index < -0.39 is 0 Å². The number of carbonyl (C=O) groups excluding carboxylic acids is 1. The minimum Gasteiger partial charge on any atom is -0.464 e. The van der Waals surface area contributed by atoms with Crippen LogP contribution >= 0.6 is 11.6 Å². The third-order valence-electron chi connectivity index (χ3n) is 0.946. The van der Waals surface area contributed by atoms with E-state index in [2.05, 4.69) is 4.74 Å². The third kappa shape index (κ3) is 0.703. The molecule has 0 aromatic carbocycles. The fraction of sp³-hybridized carbons (Fsp3) is 0.750. The summed E-state index contributed by atoms with van der Waals surface area (Å²) < 4.78 is 4.41. The standard InChI is InChI=1S/C4H5ClO2/c5-1-3-2-7-4(3)6/h3H,1-2H2/t3-/m0/s1. The Labute approximate surface area is 46.4 Å². The first kappa shape index (κ1) is 4.91. The molecule has 0 saturated carbocycles. The fourth-order valence-electron chi connectivity index (χ4n) is 0.377. The second-order valence-electron chi connectivity index (χ2n) is 1.48. The Bertz CT molecular complexity index is 89.7. The predicted octanol–water partition coefficient (Wildman–Crippen LogP) is 0.398. The molecule has 0 spiro atoms. The van der Waals surface area contributed by atoms with E-state index in [4.69, 9.17) is 11.6 Å². The van der Waals surface area contributed by atoms with Gasteiger partial charge in [0, 0.05) is 5.88 Å². The molecule has 2 nitrogen and oxygen atoms in total. The first-order chi connectivity index (χ1) is 3.34. The maximum absolute atomic E-state index is 10.2. The zero-order valence-electron chi connectivity index (χ0n) is 3.69. The van der Waals surface area contributed by atoms with Crippen molar-refractivity contribution < 1.29 is 9.53 Å². The predicted molar refractivity (Wildman–Crippen MR) is 25.2 cm³/mol. The Morgan fingerprint density at radius 2 is 2.71 bits per heavy atom. The van der Waals surface area contributed by atoms with Gasteiger partial charge in [-0.3, -0.25) is 4.79 Å². The van der Waals surface area contributed by atoms with Gasteiger partial charge in [0.2, 0.25) is 0 Å². The maximum atomic E-state index is 10.2. The largest absolute Gasteiger partial charge is 0.464 e. The second kappa shape index (κ2) is 1.70. The number of ether oxygens (including phenoxy) is 1. The van der Waals surface area contributed by atoms with Crippen molar-refractivity contribution in [2.24, 2.45) is 5.92 Å². The number of alkyl halides is 1. The summed E-state index contributed by atoms with van der Waals surface area (Å²) in [6, 6.07) is 0. The van der Waals surface area contributed by atoms with Crippen LogP contribution in [0.4, 0.5) is 0 Å². The van der Waals surface area contributed by atoms with Gasteiger partial charge in [-0.15, -0.1) is 11.6 Å². The van der Waals surface area contributed by atoms with Crippen molar-refractivity contribution in [3.63, 3.8) is 0 Å². The van der Waals surface area contributed by atoms with Gasteiger partial charge < -0.3 is 4.74 Å². The summed E-state index contributed by atoms with van der Waals surface area (Å²) in [6.07, 6.45) is 0. The van der Waals surface area contributed by atoms with E-state index in [1.807, 2.05) is 0 Å². The molecule has 0 amide bonds. The van der Waals surface area contributed by atoms with E-state index in [9.17, 15) is 4.79 Å². The Hall–Kier alpha value is -0.240. The van der Waals surface area contributed by atoms with Crippen LogP contribution in [0.1, 0.15) is 0 Å². The highest BCUT2D eigenvalue weighted by Crippen LogP contribution is 2.12. The molecular formula is C4H5ClO2. The Morgan fingerprint density at radius 3 is 2.71 bits per heavy atom. The second-order valence-corrected chi connectivity index (χ2v) is 1.79. The van der Waals surface area contributed by atoms with Gasteiger partial charge in [-0.2, -0.15) is 0 Å². The average Bonchev–Trinajstić information content (AvgIpc) is 1.65. The first-order valence-electron chi connectivity index (χ1n) is 2.07. The van der Waals surface area contributed by atoms with Crippen molar-refractivity contribution in [1.29, 1.82) is 0 Å². The molecule has 7 heavy (non-hydrogen) atoms. The molecule has 0 radical (unpaired) electrons. The minimum atomic E-state index is -0.157. The summed E-state index contributed by atoms with van der Waals surface area (Å²) in [4.78, 5) is 10.2. The third-order valence-corrected chi connectivity index (χ3v) is 1.32. The lowest BCUT2D eigenvalue weighted by Gasteiger charge is -2.21. The van der Waals surface area contributed by atoms with Crippen molar-refractivity contribution in [3.05, 3.63) is 0 Å². The topological polar surface area (TPSA) is 26.3 Å². The lowest BCUT2D eigenvalue weighted by Crippen LogP contribution is -2.35. The summed E-state index contributed by atoms with van der Waals surface area (Å²) in [5, 5.41) is 0. The number of esters is 1. The van der Waals surface area contributed by atoms with Crippen molar-refractivity contribution in [2.45, 2.75) is 0 Å². The highest BCUT2D eigenvalue weighted by atomic mass is 35.5. The first-order valence-corrected chi connectivity index (χ1v) is 2.60. The van der Waals surface area contributed by atoms with Crippen LogP contribution < -0.4 is 0 Å². The summed E-state index contributed by atoms with van der Waals surface area (Å²) in [5.41, 5.74) is 0. The zero-order valence-corrected chi connectivity index (χ0v) is 4.44. The molecule has 0 aromatic rings. The molecule has 0 aromatic heterocycles. The molecule has 1 rings (SSSR count). The molecule has 3 heteroatoms. The lowest BCUT2D eigenvalue weighted by atomic mass is 10.1. The molecule has 1 aliphatic heterocycles. The molecule has 1 saturated heterocycles. The summed E-state index contributed by atoms with van der Waals surface area (Å²) >= 11 is 5.30. The molecule has 0 aliphatic carbocycles. The molecule has 1 aliphatic rings. The molecule has 0 N–H and O–H groups in total. The highest BCUT2D eigenvalue weighted by Gasteiger charge is 2.29. The quantitative estimate of drug-likeness (QED) is 0.370. The van der Waals surface area contributed by atoms with Gasteiger partial charge in [-0.05, 0) is 0 Å². The average molecular weight is 121 g/mol. The van der Waals surface area contributed by atoms with Crippen LogP contribution in [-0.4, -0.2) is 18.5 Å². The number of hydrogen-bond acceptors (Lipinski definition) is 2. The van der Waals surface area contributed by atoms with Crippen LogP contribution in [0.5, 0.6) is 0 Å². The van der Waals surface area contributed by atoms with E-state index >= 15 is 0 Å². The van der Waals surface area contributed by atoms with Crippen molar-refractivity contribution in [2.75, 3.05) is 12.5 Å². The molecule has 1 atom stereocenters. The zero-order chi connectivity index (χ0) is 5.28. The summed E-state index contributed by atoms with van der Waals surface area (Å²) in [6.45, 7) is 0.516. The van der Waals surface area contributed by atoms with Gasteiger partial charge in [0.05, 0.1) is 0 Å². The minimum absolute atomic E-state index is 0.0123.